The van der Waals surface area contributed by atoms with Crippen molar-refractivity contribution in [1.29, 1.82) is 0 Å². The fraction of sp³-hybridized carbons (Fsp3) is 0. The lowest BCUT2D eigenvalue weighted by Crippen LogP contribution is -1.83. The van der Waals surface area contributed by atoms with Crippen molar-refractivity contribution < 1.29 is 4.39 Å². The second-order valence-electron chi connectivity index (χ2n) is 1.43. The van der Waals surface area contributed by atoms with E-state index in [9.17, 15) is 4.39 Å². The summed E-state index contributed by atoms with van der Waals surface area (Å²) in [6, 6.07) is 1.52. The lowest BCUT2D eigenvalue weighted by molar-refractivity contribution is 0.583. The largest absolute Gasteiger partial charge is 0.231 e. The van der Waals surface area contributed by atoms with Crippen LogP contribution in [0.1, 0.15) is 0 Å². The van der Waals surface area contributed by atoms with Crippen LogP contribution in [-0.4, -0.2) is 4.98 Å². The van der Waals surface area contributed by atoms with Crippen LogP contribution >= 0.6 is 34.2 Å². The third-order valence-electron chi connectivity index (χ3n) is 0.763. The van der Waals surface area contributed by atoms with Crippen molar-refractivity contribution in [2.24, 2.45) is 0 Å². The minimum absolute atomic E-state index is 0.0712. The molecule has 0 saturated heterocycles. The van der Waals surface area contributed by atoms with Gasteiger partial charge in [-0.05, 0) is 28.7 Å². The van der Waals surface area contributed by atoms with Crippen LogP contribution in [0.3, 0.4) is 0 Å². The summed E-state index contributed by atoms with van der Waals surface area (Å²) in [5.41, 5.74) is 0. The Morgan fingerprint density at radius 1 is 1.67 bits per heavy atom. The highest BCUT2D eigenvalue weighted by Gasteiger charge is 1.98. The van der Waals surface area contributed by atoms with E-state index in [1.165, 1.54) is 12.3 Å². The van der Waals surface area contributed by atoms with Crippen molar-refractivity contribution in [2.45, 2.75) is 0 Å². The third kappa shape index (κ3) is 1.76. The standard InChI is InChI=1S/C5H2ClFIN/c6-4-1-3(8)2-9-5(4)7/h1-2H. The van der Waals surface area contributed by atoms with Gasteiger partial charge in [-0.2, -0.15) is 4.39 Å². The molecule has 1 aromatic heterocycles. The fourth-order valence-electron chi connectivity index (χ4n) is 0.398. The fourth-order valence-corrected chi connectivity index (χ4v) is 1.20. The SMILES string of the molecule is Fc1ncc(I)cc1Cl. The third-order valence-corrected chi connectivity index (χ3v) is 1.62. The molecule has 0 fully saturated rings. The molecule has 0 bridgehead atoms. The lowest BCUT2D eigenvalue weighted by atomic mass is 10.5. The van der Waals surface area contributed by atoms with Crippen molar-refractivity contribution in [3.8, 4) is 0 Å². The molecule has 1 aromatic rings. The Morgan fingerprint density at radius 3 is 2.78 bits per heavy atom. The van der Waals surface area contributed by atoms with Gasteiger partial charge in [0.2, 0.25) is 5.95 Å². The first kappa shape index (κ1) is 7.21. The van der Waals surface area contributed by atoms with Crippen molar-refractivity contribution >= 4 is 34.2 Å². The minimum atomic E-state index is -0.614. The molecule has 0 radical (unpaired) electrons. The van der Waals surface area contributed by atoms with Crippen LogP contribution in [0.4, 0.5) is 4.39 Å². The van der Waals surface area contributed by atoms with Crippen LogP contribution in [0.15, 0.2) is 12.3 Å². The van der Waals surface area contributed by atoms with Gasteiger partial charge in [0.15, 0.2) is 0 Å². The highest BCUT2D eigenvalue weighted by molar-refractivity contribution is 14.1. The highest BCUT2D eigenvalue weighted by atomic mass is 127. The maximum atomic E-state index is 12.3. The van der Waals surface area contributed by atoms with Crippen LogP contribution in [0, 0.1) is 9.52 Å². The topological polar surface area (TPSA) is 12.9 Å². The van der Waals surface area contributed by atoms with Gasteiger partial charge in [0, 0.05) is 9.77 Å². The first-order valence-electron chi connectivity index (χ1n) is 2.16. The first-order valence-corrected chi connectivity index (χ1v) is 3.62. The summed E-state index contributed by atoms with van der Waals surface area (Å²) >= 11 is 7.38. The highest BCUT2D eigenvalue weighted by Crippen LogP contribution is 2.13. The Hall–Kier alpha value is 0.1000. The monoisotopic (exact) mass is 257 g/mol. The number of pyridine rings is 1. The molecule has 0 aliphatic rings. The summed E-state index contributed by atoms with van der Waals surface area (Å²) in [7, 11) is 0. The lowest BCUT2D eigenvalue weighted by Gasteiger charge is -1.90. The molecule has 0 aliphatic carbocycles. The van der Waals surface area contributed by atoms with E-state index in [2.05, 4.69) is 4.98 Å². The minimum Gasteiger partial charge on any atom is -0.226 e. The van der Waals surface area contributed by atoms with E-state index in [0.717, 1.165) is 3.57 Å². The molecule has 1 rings (SSSR count). The molecule has 48 valence electrons. The number of halogens is 3. The van der Waals surface area contributed by atoms with Crippen LogP contribution < -0.4 is 0 Å². The van der Waals surface area contributed by atoms with E-state index in [0.29, 0.717) is 0 Å². The number of rotatable bonds is 0. The molecular weight excluding hydrogens is 255 g/mol. The molecule has 0 atom stereocenters. The average molecular weight is 257 g/mol. The molecule has 9 heavy (non-hydrogen) atoms. The molecular formula is C5H2ClFIN. The molecule has 1 heterocycles. The summed E-state index contributed by atoms with van der Waals surface area (Å²) < 4.78 is 13.1. The van der Waals surface area contributed by atoms with Crippen molar-refractivity contribution in [2.75, 3.05) is 0 Å². The Labute approximate surface area is 70.4 Å². The Kier molecular flexibility index (Phi) is 2.23. The van der Waals surface area contributed by atoms with Crippen LogP contribution in [0.25, 0.3) is 0 Å². The van der Waals surface area contributed by atoms with Gasteiger partial charge in [-0.15, -0.1) is 0 Å². The molecule has 0 saturated carbocycles. The quantitative estimate of drug-likeness (QED) is 0.514. The average Bonchev–Trinajstić information content (AvgIpc) is 1.80. The molecule has 0 spiro atoms. The van der Waals surface area contributed by atoms with E-state index in [4.69, 9.17) is 11.6 Å². The molecule has 1 nitrogen and oxygen atoms in total. The van der Waals surface area contributed by atoms with E-state index in [1.54, 1.807) is 0 Å². The van der Waals surface area contributed by atoms with Gasteiger partial charge in [0.25, 0.3) is 0 Å². The number of nitrogens with zero attached hydrogens (tertiary/aromatic N) is 1. The zero-order chi connectivity index (χ0) is 6.85. The normalized spacial score (nSPS) is 9.67. The first-order chi connectivity index (χ1) is 4.20. The van der Waals surface area contributed by atoms with Gasteiger partial charge in [-0.1, -0.05) is 11.6 Å². The van der Waals surface area contributed by atoms with Crippen molar-refractivity contribution in [3.05, 3.63) is 26.8 Å². The Morgan fingerprint density at radius 2 is 2.33 bits per heavy atom. The van der Waals surface area contributed by atoms with Gasteiger partial charge in [-0.25, -0.2) is 4.98 Å². The van der Waals surface area contributed by atoms with Gasteiger partial charge >= 0.3 is 0 Å². The van der Waals surface area contributed by atoms with Gasteiger partial charge in [0.1, 0.15) is 0 Å². The predicted octanol–water partition coefficient (Wildman–Crippen LogP) is 2.48. The molecule has 0 aromatic carbocycles. The second kappa shape index (κ2) is 2.79. The Balaban J connectivity index is 3.17. The Bertz CT molecular complexity index is 228. The van der Waals surface area contributed by atoms with Crippen LogP contribution in [0.2, 0.25) is 5.02 Å². The van der Waals surface area contributed by atoms with E-state index in [1.807, 2.05) is 22.6 Å². The second-order valence-corrected chi connectivity index (χ2v) is 3.08. The van der Waals surface area contributed by atoms with Gasteiger partial charge in [0.05, 0.1) is 5.02 Å². The maximum absolute atomic E-state index is 12.3. The smallest absolute Gasteiger partial charge is 0.226 e. The summed E-state index contributed by atoms with van der Waals surface area (Å²) in [6.07, 6.45) is 1.42. The van der Waals surface area contributed by atoms with E-state index >= 15 is 0 Å². The number of hydrogen-bond acceptors (Lipinski definition) is 1. The predicted molar refractivity (Wildman–Crippen MR) is 41.9 cm³/mol. The zero-order valence-corrected chi connectivity index (χ0v) is 7.15. The molecule has 4 heteroatoms. The van der Waals surface area contributed by atoms with Gasteiger partial charge < -0.3 is 0 Å². The molecule has 0 N–H and O–H groups in total. The summed E-state index contributed by atoms with van der Waals surface area (Å²) in [4.78, 5) is 3.37. The zero-order valence-electron chi connectivity index (χ0n) is 4.24. The van der Waals surface area contributed by atoms with Gasteiger partial charge in [-0.3, -0.25) is 0 Å². The van der Waals surface area contributed by atoms with Crippen molar-refractivity contribution in [3.63, 3.8) is 0 Å². The number of aromatic nitrogens is 1. The molecule has 0 unspecified atom stereocenters. The van der Waals surface area contributed by atoms with Crippen molar-refractivity contribution in [1.82, 2.24) is 4.98 Å². The van der Waals surface area contributed by atoms with Crippen LogP contribution in [0.5, 0.6) is 0 Å². The van der Waals surface area contributed by atoms with Crippen LogP contribution in [-0.2, 0) is 0 Å². The molecule has 0 amide bonds. The van der Waals surface area contributed by atoms with E-state index in [-0.39, 0.29) is 5.02 Å². The summed E-state index contributed by atoms with van der Waals surface area (Å²) in [5, 5.41) is 0.0712. The number of hydrogen-bond donors (Lipinski definition) is 0. The van der Waals surface area contributed by atoms with E-state index < -0.39 is 5.95 Å². The molecule has 0 aliphatic heterocycles. The maximum Gasteiger partial charge on any atom is 0.231 e. The summed E-state index contributed by atoms with van der Waals surface area (Å²) in [6.45, 7) is 0. The summed E-state index contributed by atoms with van der Waals surface area (Å²) in [5.74, 6) is -0.614.